The number of carbonyl (C=O) groups excluding carboxylic acids is 1. The van der Waals surface area contributed by atoms with Crippen molar-refractivity contribution in [3.8, 4) is 0 Å². The molecule has 1 aromatic carbocycles. The number of imidazole rings is 1. The first kappa shape index (κ1) is 9.86. The highest BCUT2D eigenvalue weighted by Gasteiger charge is 2.14. The van der Waals surface area contributed by atoms with Crippen LogP contribution in [0.25, 0.3) is 11.0 Å². The zero-order valence-electron chi connectivity index (χ0n) is 8.74. The van der Waals surface area contributed by atoms with E-state index in [4.69, 9.17) is 0 Å². The number of carbonyl (C=O) groups is 1. The van der Waals surface area contributed by atoms with E-state index >= 15 is 0 Å². The third-order valence-electron chi connectivity index (χ3n) is 2.47. The van der Waals surface area contributed by atoms with Crippen LogP contribution in [0, 0.1) is 0 Å². The van der Waals surface area contributed by atoms with Crippen LogP contribution in [-0.2, 0) is 4.79 Å². The lowest BCUT2D eigenvalue weighted by Gasteiger charge is -2.12. The molecule has 2 rings (SSSR count). The summed E-state index contributed by atoms with van der Waals surface area (Å²) in [5, 5.41) is 2.99. The van der Waals surface area contributed by atoms with E-state index < -0.39 is 0 Å². The molecule has 0 aliphatic carbocycles. The van der Waals surface area contributed by atoms with Gasteiger partial charge in [-0.05, 0) is 31.7 Å². The van der Waals surface area contributed by atoms with Gasteiger partial charge in [0.1, 0.15) is 0 Å². The molecule has 0 saturated heterocycles. The van der Waals surface area contributed by atoms with E-state index in [2.05, 4.69) is 15.3 Å². The van der Waals surface area contributed by atoms with Gasteiger partial charge in [-0.3, -0.25) is 4.79 Å². The summed E-state index contributed by atoms with van der Waals surface area (Å²) in [5.41, 5.74) is 2.83. The minimum absolute atomic E-state index is 0.108. The number of likely N-dealkylation sites (N-methyl/N-ethyl adjacent to an activating group) is 1. The predicted octanol–water partition coefficient (Wildman–Crippen LogP) is 1.41. The second-order valence-electron chi connectivity index (χ2n) is 3.51. The molecule has 4 nitrogen and oxygen atoms in total. The molecule has 0 aliphatic rings. The van der Waals surface area contributed by atoms with E-state index in [1.54, 1.807) is 20.3 Å². The Morgan fingerprint density at radius 2 is 2.33 bits per heavy atom. The van der Waals surface area contributed by atoms with Crippen LogP contribution in [0.1, 0.15) is 18.5 Å². The summed E-state index contributed by atoms with van der Waals surface area (Å²) in [4.78, 5) is 18.5. The fourth-order valence-corrected chi connectivity index (χ4v) is 1.74. The Morgan fingerprint density at radius 3 is 3.00 bits per heavy atom. The number of ketones is 1. The molecule has 0 spiro atoms. The van der Waals surface area contributed by atoms with E-state index in [0.717, 1.165) is 16.6 Å². The third-order valence-corrected chi connectivity index (χ3v) is 2.47. The van der Waals surface area contributed by atoms with E-state index in [-0.39, 0.29) is 11.8 Å². The van der Waals surface area contributed by atoms with Crippen LogP contribution < -0.4 is 5.32 Å². The summed E-state index contributed by atoms with van der Waals surface area (Å²) in [7, 11) is 1.78. The van der Waals surface area contributed by atoms with Gasteiger partial charge in [-0.1, -0.05) is 6.07 Å². The molecule has 2 N–H and O–H groups in total. The average Bonchev–Trinajstić information content (AvgIpc) is 2.65. The van der Waals surface area contributed by atoms with Crippen molar-refractivity contribution in [2.24, 2.45) is 0 Å². The highest BCUT2D eigenvalue weighted by Crippen LogP contribution is 2.18. The Morgan fingerprint density at radius 1 is 1.53 bits per heavy atom. The molecule has 1 atom stereocenters. The standard InChI is InChI=1S/C11H13N3O/c1-7(15)11(12-2)8-3-4-9-10(5-8)14-6-13-9/h3-6,11-12H,1-2H3,(H,13,14). The van der Waals surface area contributed by atoms with Crippen molar-refractivity contribution in [1.29, 1.82) is 0 Å². The number of rotatable bonds is 3. The third kappa shape index (κ3) is 1.76. The monoisotopic (exact) mass is 203 g/mol. The Hall–Kier alpha value is -1.68. The van der Waals surface area contributed by atoms with E-state index in [1.165, 1.54) is 0 Å². The van der Waals surface area contributed by atoms with Crippen molar-refractivity contribution < 1.29 is 4.79 Å². The van der Waals surface area contributed by atoms with Crippen LogP contribution in [-0.4, -0.2) is 22.8 Å². The Kier molecular flexibility index (Phi) is 2.51. The molecule has 2 aromatic rings. The lowest BCUT2D eigenvalue weighted by Crippen LogP contribution is -2.23. The van der Waals surface area contributed by atoms with Crippen molar-refractivity contribution in [2.45, 2.75) is 13.0 Å². The highest BCUT2D eigenvalue weighted by molar-refractivity contribution is 5.85. The molecule has 1 heterocycles. The van der Waals surface area contributed by atoms with Gasteiger partial charge in [0.25, 0.3) is 0 Å². The molecule has 0 fully saturated rings. The van der Waals surface area contributed by atoms with Gasteiger partial charge in [-0.2, -0.15) is 0 Å². The van der Waals surface area contributed by atoms with Crippen LogP contribution in [0.2, 0.25) is 0 Å². The van der Waals surface area contributed by atoms with Gasteiger partial charge in [0.15, 0.2) is 5.78 Å². The van der Waals surface area contributed by atoms with Crippen LogP contribution >= 0.6 is 0 Å². The summed E-state index contributed by atoms with van der Waals surface area (Å²) in [6.45, 7) is 1.58. The second kappa shape index (κ2) is 3.82. The predicted molar refractivity (Wildman–Crippen MR) is 58.6 cm³/mol. The van der Waals surface area contributed by atoms with Crippen molar-refractivity contribution >= 4 is 16.8 Å². The van der Waals surface area contributed by atoms with Gasteiger partial charge in [0.05, 0.1) is 23.4 Å². The maximum atomic E-state index is 11.4. The van der Waals surface area contributed by atoms with Crippen molar-refractivity contribution in [2.75, 3.05) is 7.05 Å². The molecule has 0 saturated carbocycles. The number of H-pyrrole nitrogens is 1. The topological polar surface area (TPSA) is 57.8 Å². The number of hydrogen-bond acceptors (Lipinski definition) is 3. The molecule has 0 aliphatic heterocycles. The fourth-order valence-electron chi connectivity index (χ4n) is 1.74. The first-order valence-electron chi connectivity index (χ1n) is 4.83. The number of nitrogens with one attached hydrogen (secondary N) is 2. The quantitative estimate of drug-likeness (QED) is 0.793. The number of nitrogens with zero attached hydrogens (tertiary/aromatic N) is 1. The largest absolute Gasteiger partial charge is 0.345 e. The lowest BCUT2D eigenvalue weighted by atomic mass is 10.0. The number of benzene rings is 1. The van der Waals surface area contributed by atoms with Gasteiger partial charge < -0.3 is 10.3 Å². The maximum Gasteiger partial charge on any atom is 0.151 e. The lowest BCUT2D eigenvalue weighted by molar-refractivity contribution is -0.119. The normalized spacial score (nSPS) is 12.9. The van der Waals surface area contributed by atoms with E-state index in [0.29, 0.717) is 0 Å². The molecular weight excluding hydrogens is 190 g/mol. The van der Waals surface area contributed by atoms with Crippen LogP contribution in [0.5, 0.6) is 0 Å². The molecule has 78 valence electrons. The molecule has 4 heteroatoms. The van der Waals surface area contributed by atoms with Gasteiger partial charge >= 0.3 is 0 Å². The van der Waals surface area contributed by atoms with Crippen molar-refractivity contribution in [1.82, 2.24) is 15.3 Å². The molecule has 0 bridgehead atoms. The molecular formula is C11H13N3O. The van der Waals surface area contributed by atoms with Gasteiger partial charge in [-0.15, -0.1) is 0 Å². The zero-order chi connectivity index (χ0) is 10.8. The molecule has 1 aromatic heterocycles. The summed E-state index contributed by atoms with van der Waals surface area (Å²) < 4.78 is 0. The highest BCUT2D eigenvalue weighted by atomic mass is 16.1. The minimum Gasteiger partial charge on any atom is -0.345 e. The van der Waals surface area contributed by atoms with Gasteiger partial charge in [0, 0.05) is 0 Å². The Balaban J connectivity index is 2.46. The number of aromatic nitrogens is 2. The van der Waals surface area contributed by atoms with E-state index in [1.807, 2.05) is 18.2 Å². The maximum absolute atomic E-state index is 11.4. The summed E-state index contributed by atoms with van der Waals surface area (Å²) in [6, 6.07) is 5.54. The first-order valence-corrected chi connectivity index (χ1v) is 4.83. The fraction of sp³-hybridized carbons (Fsp3) is 0.273. The van der Waals surface area contributed by atoms with E-state index in [9.17, 15) is 4.79 Å². The van der Waals surface area contributed by atoms with Crippen LogP contribution in [0.15, 0.2) is 24.5 Å². The number of Topliss-reactive ketones (excluding diaryl/α,β-unsaturated/α-hetero) is 1. The molecule has 15 heavy (non-hydrogen) atoms. The molecule has 1 unspecified atom stereocenters. The van der Waals surface area contributed by atoms with Crippen molar-refractivity contribution in [3.63, 3.8) is 0 Å². The molecule has 0 radical (unpaired) electrons. The minimum atomic E-state index is -0.238. The van der Waals surface area contributed by atoms with Crippen LogP contribution in [0.3, 0.4) is 0 Å². The van der Waals surface area contributed by atoms with Crippen molar-refractivity contribution in [3.05, 3.63) is 30.1 Å². The summed E-state index contributed by atoms with van der Waals surface area (Å²) >= 11 is 0. The Labute approximate surface area is 87.7 Å². The summed E-state index contributed by atoms with van der Waals surface area (Å²) in [6.07, 6.45) is 1.65. The SMILES string of the molecule is CNC(C(C)=O)c1ccc2nc[nH]c2c1. The second-order valence-corrected chi connectivity index (χ2v) is 3.51. The van der Waals surface area contributed by atoms with Crippen LogP contribution in [0.4, 0.5) is 0 Å². The average molecular weight is 203 g/mol. The van der Waals surface area contributed by atoms with Gasteiger partial charge in [0.2, 0.25) is 0 Å². The smallest absolute Gasteiger partial charge is 0.151 e. The zero-order valence-corrected chi connectivity index (χ0v) is 8.74. The Bertz CT molecular complexity index is 489. The number of hydrogen-bond donors (Lipinski definition) is 2. The first-order chi connectivity index (χ1) is 7.22. The number of aromatic amines is 1. The molecule has 0 amide bonds. The van der Waals surface area contributed by atoms with Gasteiger partial charge in [-0.25, -0.2) is 4.98 Å². The summed E-state index contributed by atoms with van der Waals surface area (Å²) in [5.74, 6) is 0.108. The number of fused-ring (bicyclic) bond motifs is 1.